The summed E-state index contributed by atoms with van der Waals surface area (Å²) in [7, 11) is 0. The second-order valence-corrected chi connectivity index (χ2v) is 7.70. The second-order valence-electron chi connectivity index (χ2n) is 7.70. The van der Waals surface area contributed by atoms with Crippen LogP contribution in [0.3, 0.4) is 0 Å². The molecule has 0 radical (unpaired) electrons. The molecule has 0 unspecified atom stereocenters. The highest BCUT2D eigenvalue weighted by Crippen LogP contribution is 2.23. The van der Waals surface area contributed by atoms with Gasteiger partial charge in [0.25, 0.3) is 5.91 Å². The fourth-order valence-electron chi connectivity index (χ4n) is 4.18. The molecule has 7 nitrogen and oxygen atoms in total. The van der Waals surface area contributed by atoms with Crippen molar-refractivity contribution in [2.75, 3.05) is 26.2 Å². The lowest BCUT2D eigenvalue weighted by Gasteiger charge is -2.34. The molecule has 0 N–H and O–H groups in total. The Morgan fingerprint density at radius 1 is 0.929 bits per heavy atom. The van der Waals surface area contributed by atoms with Crippen molar-refractivity contribution in [2.24, 2.45) is 5.92 Å². The summed E-state index contributed by atoms with van der Waals surface area (Å²) in [5.74, 6) is 0.369. The van der Waals surface area contributed by atoms with Gasteiger partial charge in [0.2, 0.25) is 5.91 Å². The zero-order chi connectivity index (χ0) is 19.3. The van der Waals surface area contributed by atoms with Crippen LogP contribution in [0.2, 0.25) is 0 Å². The van der Waals surface area contributed by atoms with Gasteiger partial charge >= 0.3 is 0 Å². The van der Waals surface area contributed by atoms with E-state index in [-0.39, 0.29) is 11.8 Å². The SMILES string of the molecule is O=C(c1cccc(-n2cncn2)c1)N1CCC(C(=O)N2CCCCCC2)CC1. The number of carbonyl (C=O) groups is 2. The first-order valence-electron chi connectivity index (χ1n) is 10.3. The number of aromatic nitrogens is 3. The molecular weight excluding hydrogens is 354 g/mol. The molecule has 1 aromatic heterocycles. The van der Waals surface area contributed by atoms with Crippen LogP contribution in [-0.2, 0) is 4.79 Å². The normalized spacial score (nSPS) is 18.7. The maximum absolute atomic E-state index is 12.9. The van der Waals surface area contributed by atoms with Crippen molar-refractivity contribution in [3.05, 3.63) is 42.5 Å². The monoisotopic (exact) mass is 381 g/mol. The van der Waals surface area contributed by atoms with Gasteiger partial charge in [-0.25, -0.2) is 9.67 Å². The van der Waals surface area contributed by atoms with Crippen LogP contribution in [0.15, 0.2) is 36.9 Å². The third kappa shape index (κ3) is 4.08. The molecule has 0 saturated carbocycles. The summed E-state index contributed by atoms with van der Waals surface area (Å²) < 4.78 is 1.64. The molecule has 2 saturated heterocycles. The molecule has 2 fully saturated rings. The maximum atomic E-state index is 12.9. The Morgan fingerprint density at radius 2 is 1.68 bits per heavy atom. The van der Waals surface area contributed by atoms with Crippen molar-refractivity contribution in [3.63, 3.8) is 0 Å². The molecule has 2 aromatic rings. The summed E-state index contributed by atoms with van der Waals surface area (Å²) >= 11 is 0. The van der Waals surface area contributed by atoms with E-state index in [0.29, 0.717) is 24.6 Å². The van der Waals surface area contributed by atoms with E-state index in [1.54, 1.807) is 11.0 Å². The summed E-state index contributed by atoms with van der Waals surface area (Å²) in [6, 6.07) is 7.43. The molecule has 7 heteroatoms. The lowest BCUT2D eigenvalue weighted by molar-refractivity contribution is -0.136. The van der Waals surface area contributed by atoms with Gasteiger partial charge in [-0.15, -0.1) is 0 Å². The Hall–Kier alpha value is -2.70. The number of likely N-dealkylation sites (tertiary alicyclic amines) is 2. The van der Waals surface area contributed by atoms with E-state index in [1.807, 2.05) is 29.2 Å². The summed E-state index contributed by atoms with van der Waals surface area (Å²) in [5, 5.41) is 4.12. The van der Waals surface area contributed by atoms with Crippen LogP contribution < -0.4 is 0 Å². The van der Waals surface area contributed by atoms with Crippen molar-refractivity contribution in [1.82, 2.24) is 24.6 Å². The third-order valence-electron chi connectivity index (χ3n) is 5.83. The van der Waals surface area contributed by atoms with Gasteiger partial charge in [-0.1, -0.05) is 18.9 Å². The van der Waals surface area contributed by atoms with Crippen LogP contribution >= 0.6 is 0 Å². The molecule has 28 heavy (non-hydrogen) atoms. The van der Waals surface area contributed by atoms with Crippen LogP contribution in [0.5, 0.6) is 0 Å². The van der Waals surface area contributed by atoms with Gasteiger partial charge in [0.15, 0.2) is 0 Å². The summed E-state index contributed by atoms with van der Waals surface area (Å²) in [4.78, 5) is 33.6. The standard InChI is InChI=1S/C21H27N5O2/c27-20(24-10-3-1-2-4-11-24)17-8-12-25(13-9-17)21(28)18-6-5-7-19(14-18)26-16-22-15-23-26/h5-7,14-17H,1-4,8-13H2. The number of hydrogen-bond acceptors (Lipinski definition) is 4. The first-order valence-corrected chi connectivity index (χ1v) is 10.3. The molecule has 2 amide bonds. The Bertz CT molecular complexity index is 804. The number of carbonyl (C=O) groups excluding carboxylic acids is 2. The quantitative estimate of drug-likeness (QED) is 0.819. The Morgan fingerprint density at radius 3 is 2.36 bits per heavy atom. The lowest BCUT2D eigenvalue weighted by atomic mass is 9.94. The lowest BCUT2D eigenvalue weighted by Crippen LogP contribution is -2.44. The minimum atomic E-state index is 0.0163. The Balaban J connectivity index is 1.36. The van der Waals surface area contributed by atoms with Gasteiger partial charge in [-0.3, -0.25) is 9.59 Å². The van der Waals surface area contributed by atoms with Crippen molar-refractivity contribution < 1.29 is 9.59 Å². The highest BCUT2D eigenvalue weighted by Gasteiger charge is 2.30. The Kier molecular flexibility index (Phi) is 5.69. The molecule has 0 bridgehead atoms. The predicted octanol–water partition coefficient (Wildman–Crippen LogP) is 2.52. The maximum Gasteiger partial charge on any atom is 0.253 e. The molecule has 0 spiro atoms. The summed E-state index contributed by atoms with van der Waals surface area (Å²) in [5.41, 5.74) is 1.46. The van der Waals surface area contributed by atoms with Gasteiger partial charge in [0.1, 0.15) is 12.7 Å². The number of piperidine rings is 1. The minimum absolute atomic E-state index is 0.0163. The molecule has 4 rings (SSSR count). The highest BCUT2D eigenvalue weighted by molar-refractivity contribution is 5.95. The Labute approximate surface area is 165 Å². The number of rotatable bonds is 3. The molecule has 0 atom stereocenters. The molecule has 148 valence electrons. The van der Waals surface area contributed by atoms with Crippen molar-refractivity contribution in [1.29, 1.82) is 0 Å². The molecule has 2 aliphatic rings. The zero-order valence-electron chi connectivity index (χ0n) is 16.2. The van der Waals surface area contributed by atoms with E-state index in [2.05, 4.69) is 15.0 Å². The first-order chi connectivity index (χ1) is 13.7. The second kappa shape index (κ2) is 8.54. The van der Waals surface area contributed by atoms with Crippen LogP contribution in [0.25, 0.3) is 5.69 Å². The number of benzene rings is 1. The van der Waals surface area contributed by atoms with Gasteiger partial charge in [-0.05, 0) is 43.9 Å². The smallest absolute Gasteiger partial charge is 0.253 e. The fourth-order valence-corrected chi connectivity index (χ4v) is 4.18. The number of hydrogen-bond donors (Lipinski definition) is 0. The molecule has 3 heterocycles. The van der Waals surface area contributed by atoms with Gasteiger partial charge < -0.3 is 9.80 Å². The predicted molar refractivity (Wildman–Crippen MR) is 105 cm³/mol. The summed E-state index contributed by atoms with van der Waals surface area (Å²) in [6.07, 6.45) is 9.28. The topological polar surface area (TPSA) is 71.3 Å². The summed E-state index contributed by atoms with van der Waals surface area (Å²) in [6.45, 7) is 3.06. The van der Waals surface area contributed by atoms with E-state index >= 15 is 0 Å². The van der Waals surface area contributed by atoms with Crippen LogP contribution in [-0.4, -0.2) is 62.6 Å². The first kappa shape index (κ1) is 18.7. The van der Waals surface area contributed by atoms with Crippen LogP contribution in [0.1, 0.15) is 48.9 Å². The van der Waals surface area contributed by atoms with Gasteiger partial charge in [0, 0.05) is 37.7 Å². The minimum Gasteiger partial charge on any atom is -0.342 e. The van der Waals surface area contributed by atoms with E-state index in [0.717, 1.165) is 44.5 Å². The van der Waals surface area contributed by atoms with Crippen molar-refractivity contribution in [2.45, 2.75) is 38.5 Å². The third-order valence-corrected chi connectivity index (χ3v) is 5.83. The number of amides is 2. The fraction of sp³-hybridized carbons (Fsp3) is 0.524. The molecular formula is C21H27N5O2. The molecule has 1 aromatic carbocycles. The average molecular weight is 381 g/mol. The van der Waals surface area contributed by atoms with E-state index in [9.17, 15) is 9.59 Å². The number of nitrogens with zero attached hydrogens (tertiary/aromatic N) is 5. The van der Waals surface area contributed by atoms with Gasteiger partial charge in [-0.2, -0.15) is 5.10 Å². The highest BCUT2D eigenvalue weighted by atomic mass is 16.2. The van der Waals surface area contributed by atoms with Gasteiger partial charge in [0.05, 0.1) is 5.69 Å². The molecule has 2 aliphatic heterocycles. The van der Waals surface area contributed by atoms with Crippen LogP contribution in [0.4, 0.5) is 0 Å². The molecule has 0 aliphatic carbocycles. The van der Waals surface area contributed by atoms with Crippen molar-refractivity contribution >= 4 is 11.8 Å². The zero-order valence-corrected chi connectivity index (χ0v) is 16.2. The van der Waals surface area contributed by atoms with Crippen molar-refractivity contribution in [3.8, 4) is 5.69 Å². The van der Waals surface area contributed by atoms with E-state index < -0.39 is 0 Å². The van der Waals surface area contributed by atoms with Crippen LogP contribution in [0, 0.1) is 5.92 Å². The average Bonchev–Trinajstić information content (AvgIpc) is 3.16. The van der Waals surface area contributed by atoms with E-state index in [1.165, 1.54) is 19.2 Å². The van der Waals surface area contributed by atoms with E-state index in [4.69, 9.17) is 0 Å². The largest absolute Gasteiger partial charge is 0.342 e.